The predicted octanol–water partition coefficient (Wildman–Crippen LogP) is 4.39. The molecule has 3 rings (SSSR count). The van der Waals surface area contributed by atoms with Gasteiger partial charge in [0, 0.05) is 34.9 Å². The number of aryl methyl sites for hydroxylation is 1. The first-order chi connectivity index (χ1) is 11.6. The van der Waals surface area contributed by atoms with Gasteiger partial charge in [0.1, 0.15) is 5.82 Å². The van der Waals surface area contributed by atoms with Crippen molar-refractivity contribution in [1.82, 2.24) is 9.55 Å². The van der Waals surface area contributed by atoms with Gasteiger partial charge in [-0.1, -0.05) is 0 Å². The molecule has 0 aliphatic heterocycles. The van der Waals surface area contributed by atoms with Gasteiger partial charge in [-0.15, -0.1) is 0 Å². The Morgan fingerprint density at radius 3 is 2.50 bits per heavy atom. The molecular formula is C19H18FN3O. The zero-order valence-electron chi connectivity index (χ0n) is 13.8. The number of aliphatic imine (C=N–C) groups is 1. The molecule has 3 aromatic rings. The molecule has 0 fully saturated rings. The highest BCUT2D eigenvalue weighted by molar-refractivity contribution is 5.84. The van der Waals surface area contributed by atoms with Crippen molar-refractivity contribution in [2.45, 2.75) is 13.8 Å². The summed E-state index contributed by atoms with van der Waals surface area (Å²) >= 11 is 0. The Kier molecular flexibility index (Phi) is 4.42. The van der Waals surface area contributed by atoms with E-state index in [0.717, 1.165) is 28.3 Å². The molecule has 0 aliphatic rings. The molecular weight excluding hydrogens is 305 g/mol. The van der Waals surface area contributed by atoms with Crippen molar-refractivity contribution < 1.29 is 9.13 Å². The molecule has 0 radical (unpaired) electrons. The van der Waals surface area contributed by atoms with E-state index in [1.807, 2.05) is 26.1 Å². The van der Waals surface area contributed by atoms with Gasteiger partial charge in [0.05, 0.1) is 19.0 Å². The average molecular weight is 323 g/mol. The highest BCUT2D eigenvalue weighted by Gasteiger charge is 2.09. The summed E-state index contributed by atoms with van der Waals surface area (Å²) in [6.07, 6.45) is 3.47. The molecule has 5 heteroatoms. The molecule has 2 heterocycles. The summed E-state index contributed by atoms with van der Waals surface area (Å²) in [5.41, 5.74) is 4.80. The molecule has 0 N–H and O–H groups in total. The number of halogens is 1. The maximum Gasteiger partial charge on any atom is 0.213 e. The van der Waals surface area contributed by atoms with Crippen LogP contribution in [0.3, 0.4) is 0 Å². The number of rotatable bonds is 4. The quantitative estimate of drug-likeness (QED) is 0.668. The van der Waals surface area contributed by atoms with E-state index >= 15 is 0 Å². The van der Waals surface area contributed by atoms with E-state index < -0.39 is 0 Å². The number of aromatic nitrogens is 2. The fourth-order valence-electron chi connectivity index (χ4n) is 2.62. The topological polar surface area (TPSA) is 39.4 Å². The molecule has 0 unspecified atom stereocenters. The molecule has 0 saturated heterocycles. The van der Waals surface area contributed by atoms with Crippen LogP contribution in [0.4, 0.5) is 10.1 Å². The van der Waals surface area contributed by atoms with Crippen molar-refractivity contribution in [2.75, 3.05) is 7.11 Å². The standard InChI is InChI=1S/C19H18FN3O/c1-13-10-15(11-21-17-6-9-19(24-3)22-12-17)14(2)23(13)18-7-4-16(20)5-8-18/h4-12H,1-3H3. The summed E-state index contributed by atoms with van der Waals surface area (Å²) in [5.74, 6) is 0.318. The Balaban J connectivity index is 1.90. The first-order valence-corrected chi connectivity index (χ1v) is 7.57. The smallest absolute Gasteiger partial charge is 0.213 e. The van der Waals surface area contributed by atoms with Crippen LogP contribution in [0, 0.1) is 19.7 Å². The lowest BCUT2D eigenvalue weighted by Crippen LogP contribution is -1.99. The monoisotopic (exact) mass is 323 g/mol. The van der Waals surface area contributed by atoms with Gasteiger partial charge in [0.2, 0.25) is 5.88 Å². The molecule has 1 aromatic carbocycles. The molecule has 0 saturated carbocycles. The molecule has 24 heavy (non-hydrogen) atoms. The third-order valence-electron chi connectivity index (χ3n) is 3.84. The Morgan fingerprint density at radius 1 is 1.12 bits per heavy atom. The Morgan fingerprint density at radius 2 is 1.88 bits per heavy atom. The molecule has 0 atom stereocenters. The van der Waals surface area contributed by atoms with Crippen LogP contribution in [0.25, 0.3) is 5.69 Å². The Labute approximate surface area is 140 Å². The van der Waals surface area contributed by atoms with Gasteiger partial charge in [0.15, 0.2) is 0 Å². The SMILES string of the molecule is COc1ccc(N=Cc2cc(C)n(-c3ccc(F)cc3)c2C)cn1. The molecule has 122 valence electrons. The fraction of sp³-hybridized carbons (Fsp3) is 0.158. The van der Waals surface area contributed by atoms with E-state index in [-0.39, 0.29) is 5.82 Å². The number of benzene rings is 1. The molecule has 0 amide bonds. The number of ether oxygens (including phenoxy) is 1. The second-order valence-corrected chi connectivity index (χ2v) is 5.46. The Hall–Kier alpha value is -2.95. The third-order valence-corrected chi connectivity index (χ3v) is 3.84. The van der Waals surface area contributed by atoms with E-state index in [9.17, 15) is 4.39 Å². The van der Waals surface area contributed by atoms with Crippen LogP contribution in [0.5, 0.6) is 5.88 Å². The zero-order chi connectivity index (χ0) is 17.1. The van der Waals surface area contributed by atoms with Gasteiger partial charge in [-0.3, -0.25) is 4.99 Å². The number of hydrogen-bond donors (Lipinski definition) is 0. The van der Waals surface area contributed by atoms with Crippen molar-refractivity contribution in [3.63, 3.8) is 0 Å². The second-order valence-electron chi connectivity index (χ2n) is 5.46. The summed E-state index contributed by atoms with van der Waals surface area (Å²) in [7, 11) is 1.58. The van der Waals surface area contributed by atoms with E-state index in [1.54, 1.807) is 31.5 Å². The second kappa shape index (κ2) is 6.66. The van der Waals surface area contributed by atoms with Crippen molar-refractivity contribution in [1.29, 1.82) is 0 Å². The van der Waals surface area contributed by atoms with Crippen LogP contribution in [-0.4, -0.2) is 22.9 Å². The van der Waals surface area contributed by atoms with Gasteiger partial charge in [-0.2, -0.15) is 0 Å². The Bertz CT molecular complexity index is 865. The first-order valence-electron chi connectivity index (χ1n) is 7.57. The van der Waals surface area contributed by atoms with Gasteiger partial charge in [0.25, 0.3) is 0 Å². The lowest BCUT2D eigenvalue weighted by Gasteiger charge is -2.09. The van der Waals surface area contributed by atoms with E-state index in [1.165, 1.54) is 12.1 Å². The maximum atomic E-state index is 13.1. The molecule has 0 aliphatic carbocycles. The van der Waals surface area contributed by atoms with Crippen LogP contribution < -0.4 is 4.74 Å². The lowest BCUT2D eigenvalue weighted by molar-refractivity contribution is 0.398. The maximum absolute atomic E-state index is 13.1. The summed E-state index contributed by atoms with van der Waals surface area (Å²) in [5, 5.41) is 0. The number of nitrogens with zero attached hydrogens (tertiary/aromatic N) is 3. The van der Waals surface area contributed by atoms with E-state index in [4.69, 9.17) is 4.74 Å². The van der Waals surface area contributed by atoms with Crippen LogP contribution in [0.15, 0.2) is 53.7 Å². The summed E-state index contributed by atoms with van der Waals surface area (Å²) in [6, 6.07) is 12.1. The van der Waals surface area contributed by atoms with Gasteiger partial charge in [-0.25, -0.2) is 9.37 Å². The number of hydrogen-bond acceptors (Lipinski definition) is 3. The highest BCUT2D eigenvalue weighted by atomic mass is 19.1. The van der Waals surface area contributed by atoms with Crippen molar-refractivity contribution in [3.8, 4) is 11.6 Å². The minimum absolute atomic E-state index is 0.241. The van der Waals surface area contributed by atoms with Crippen LogP contribution in [0.2, 0.25) is 0 Å². The summed E-state index contributed by atoms with van der Waals surface area (Å²) in [6.45, 7) is 4.03. The first kappa shape index (κ1) is 15.9. The molecule has 0 bridgehead atoms. The molecule has 2 aromatic heterocycles. The van der Waals surface area contributed by atoms with Gasteiger partial charge in [-0.05, 0) is 50.2 Å². The van der Waals surface area contributed by atoms with Crippen molar-refractivity contribution in [2.24, 2.45) is 4.99 Å². The molecule has 0 spiro atoms. The van der Waals surface area contributed by atoms with E-state index in [2.05, 4.69) is 20.6 Å². The van der Waals surface area contributed by atoms with Crippen LogP contribution in [-0.2, 0) is 0 Å². The largest absolute Gasteiger partial charge is 0.481 e. The normalized spacial score (nSPS) is 11.2. The fourth-order valence-corrected chi connectivity index (χ4v) is 2.62. The minimum atomic E-state index is -0.241. The lowest BCUT2D eigenvalue weighted by atomic mass is 10.2. The van der Waals surface area contributed by atoms with Gasteiger partial charge >= 0.3 is 0 Å². The third kappa shape index (κ3) is 3.20. The summed E-state index contributed by atoms with van der Waals surface area (Å²) < 4.78 is 20.2. The number of pyridine rings is 1. The predicted molar refractivity (Wildman–Crippen MR) is 93.2 cm³/mol. The summed E-state index contributed by atoms with van der Waals surface area (Å²) in [4.78, 5) is 8.59. The molecule has 4 nitrogen and oxygen atoms in total. The van der Waals surface area contributed by atoms with Gasteiger partial charge < -0.3 is 9.30 Å². The van der Waals surface area contributed by atoms with Crippen LogP contribution in [0.1, 0.15) is 17.0 Å². The zero-order valence-corrected chi connectivity index (χ0v) is 13.8. The average Bonchev–Trinajstić information content (AvgIpc) is 2.88. The van der Waals surface area contributed by atoms with E-state index in [0.29, 0.717) is 5.88 Å². The minimum Gasteiger partial charge on any atom is -0.481 e. The van der Waals surface area contributed by atoms with Crippen molar-refractivity contribution in [3.05, 3.63) is 71.4 Å². The van der Waals surface area contributed by atoms with Crippen LogP contribution >= 0.6 is 0 Å². The van der Waals surface area contributed by atoms with Crippen molar-refractivity contribution >= 4 is 11.9 Å². The number of methoxy groups -OCH3 is 1. The highest BCUT2D eigenvalue weighted by Crippen LogP contribution is 2.21.